The minimum atomic E-state index is 0.650. The quantitative estimate of drug-likeness (QED) is 0.697. The fourth-order valence-corrected chi connectivity index (χ4v) is 2.26. The van der Waals surface area contributed by atoms with Gasteiger partial charge in [0.25, 0.3) is 0 Å². The lowest BCUT2D eigenvalue weighted by atomic mass is 10.1. The van der Waals surface area contributed by atoms with E-state index in [0.29, 0.717) is 11.2 Å². The highest BCUT2D eigenvalue weighted by Crippen LogP contribution is 2.22. The highest BCUT2D eigenvalue weighted by Gasteiger charge is 2.21. The molecular formula is C11H15ClN2. The van der Waals surface area contributed by atoms with E-state index in [0.717, 1.165) is 6.42 Å². The third-order valence-electron chi connectivity index (χ3n) is 2.96. The molecule has 1 saturated heterocycles. The molecule has 0 aliphatic carbocycles. The van der Waals surface area contributed by atoms with Gasteiger partial charge in [-0.2, -0.15) is 0 Å². The molecule has 2 heterocycles. The summed E-state index contributed by atoms with van der Waals surface area (Å²) in [5.41, 5.74) is 1.17. The van der Waals surface area contributed by atoms with Gasteiger partial charge >= 0.3 is 0 Å². The first-order chi connectivity index (χ1) is 6.77. The van der Waals surface area contributed by atoms with E-state index in [-0.39, 0.29) is 0 Å². The van der Waals surface area contributed by atoms with Gasteiger partial charge in [-0.25, -0.2) is 4.98 Å². The number of aromatic nitrogens is 1. The number of rotatable bonds is 2. The average molecular weight is 211 g/mol. The van der Waals surface area contributed by atoms with Crippen molar-refractivity contribution < 1.29 is 0 Å². The maximum atomic E-state index is 6.02. The normalized spacial score (nSPS) is 22.9. The summed E-state index contributed by atoms with van der Waals surface area (Å²) in [5, 5.41) is 0.660. The Balaban J connectivity index is 2.07. The highest BCUT2D eigenvalue weighted by atomic mass is 35.5. The van der Waals surface area contributed by atoms with Crippen LogP contribution in [0.25, 0.3) is 0 Å². The standard InChI is InChI=1S/C11H15ClN2/c1-14-7-3-5-10(14)8-9-4-2-6-13-11(9)12/h2,4,6,10H,3,5,7-8H2,1H3. The van der Waals surface area contributed by atoms with E-state index in [9.17, 15) is 0 Å². The molecule has 0 N–H and O–H groups in total. The molecule has 2 rings (SSSR count). The van der Waals surface area contributed by atoms with Crippen molar-refractivity contribution in [2.45, 2.75) is 25.3 Å². The van der Waals surface area contributed by atoms with E-state index >= 15 is 0 Å². The Labute approximate surface area is 89.9 Å². The summed E-state index contributed by atoms with van der Waals surface area (Å²) < 4.78 is 0. The van der Waals surface area contributed by atoms with Crippen molar-refractivity contribution in [3.63, 3.8) is 0 Å². The van der Waals surface area contributed by atoms with Crippen LogP contribution < -0.4 is 0 Å². The number of hydrogen-bond acceptors (Lipinski definition) is 2. The molecule has 0 amide bonds. The predicted octanol–water partition coefficient (Wildman–Crippen LogP) is 2.37. The molecule has 0 bridgehead atoms. The topological polar surface area (TPSA) is 16.1 Å². The van der Waals surface area contributed by atoms with Gasteiger partial charge in [-0.1, -0.05) is 17.7 Å². The van der Waals surface area contributed by atoms with E-state index in [4.69, 9.17) is 11.6 Å². The number of nitrogens with zero attached hydrogens (tertiary/aromatic N) is 2. The van der Waals surface area contributed by atoms with Crippen LogP contribution >= 0.6 is 11.6 Å². The average Bonchev–Trinajstić information content (AvgIpc) is 2.56. The molecule has 0 spiro atoms. The maximum Gasteiger partial charge on any atom is 0.132 e. The first kappa shape index (κ1) is 9.94. The lowest BCUT2D eigenvalue weighted by Gasteiger charge is -2.19. The van der Waals surface area contributed by atoms with Crippen molar-refractivity contribution in [1.29, 1.82) is 0 Å². The Morgan fingerprint density at radius 2 is 2.50 bits per heavy atom. The highest BCUT2D eigenvalue weighted by molar-refractivity contribution is 6.30. The molecule has 14 heavy (non-hydrogen) atoms. The molecule has 1 aromatic rings. The summed E-state index contributed by atoms with van der Waals surface area (Å²) >= 11 is 6.02. The zero-order valence-corrected chi connectivity index (χ0v) is 9.17. The van der Waals surface area contributed by atoms with Crippen LogP contribution in [0, 0.1) is 0 Å². The second-order valence-electron chi connectivity index (χ2n) is 3.93. The number of halogens is 1. The number of hydrogen-bond donors (Lipinski definition) is 0. The summed E-state index contributed by atoms with van der Waals surface area (Å²) in [6, 6.07) is 4.68. The summed E-state index contributed by atoms with van der Waals surface area (Å²) in [4.78, 5) is 6.50. The largest absolute Gasteiger partial charge is 0.303 e. The first-order valence-electron chi connectivity index (χ1n) is 5.07. The molecule has 2 nitrogen and oxygen atoms in total. The van der Waals surface area contributed by atoms with E-state index in [1.807, 2.05) is 6.07 Å². The van der Waals surface area contributed by atoms with Crippen molar-refractivity contribution >= 4 is 11.6 Å². The van der Waals surface area contributed by atoms with Gasteiger partial charge in [0.2, 0.25) is 0 Å². The molecule has 1 unspecified atom stereocenters. The molecule has 0 radical (unpaired) electrons. The van der Waals surface area contributed by atoms with Gasteiger partial charge in [0, 0.05) is 12.2 Å². The van der Waals surface area contributed by atoms with E-state index in [1.165, 1.54) is 24.9 Å². The number of pyridine rings is 1. The van der Waals surface area contributed by atoms with Crippen molar-refractivity contribution in [3.05, 3.63) is 29.0 Å². The summed E-state index contributed by atoms with van der Waals surface area (Å²) in [5.74, 6) is 0. The van der Waals surface area contributed by atoms with E-state index < -0.39 is 0 Å². The SMILES string of the molecule is CN1CCCC1Cc1cccnc1Cl. The van der Waals surface area contributed by atoms with Gasteiger partial charge in [0.1, 0.15) is 5.15 Å². The Hall–Kier alpha value is -0.600. The van der Waals surface area contributed by atoms with Gasteiger partial charge in [-0.05, 0) is 44.5 Å². The van der Waals surface area contributed by atoms with E-state index in [2.05, 4.69) is 23.0 Å². The number of likely N-dealkylation sites (tertiary alicyclic amines) is 1. The molecular weight excluding hydrogens is 196 g/mol. The Bertz CT molecular complexity index is 314. The minimum absolute atomic E-state index is 0.650. The monoisotopic (exact) mass is 210 g/mol. The Morgan fingerprint density at radius 1 is 1.64 bits per heavy atom. The molecule has 1 fully saturated rings. The van der Waals surface area contributed by atoms with Crippen molar-refractivity contribution in [3.8, 4) is 0 Å². The van der Waals surface area contributed by atoms with E-state index in [1.54, 1.807) is 6.20 Å². The molecule has 0 aromatic carbocycles. The third kappa shape index (κ3) is 2.07. The minimum Gasteiger partial charge on any atom is -0.303 e. The maximum absolute atomic E-state index is 6.02. The number of likely N-dealkylation sites (N-methyl/N-ethyl adjacent to an activating group) is 1. The molecule has 1 aromatic heterocycles. The lowest BCUT2D eigenvalue weighted by molar-refractivity contribution is 0.309. The van der Waals surface area contributed by atoms with Crippen LogP contribution in [-0.4, -0.2) is 29.5 Å². The summed E-state index contributed by atoms with van der Waals surface area (Å²) in [6.07, 6.45) is 5.36. The second kappa shape index (κ2) is 4.28. The van der Waals surface area contributed by atoms with Crippen LogP contribution in [0.2, 0.25) is 5.15 Å². The van der Waals surface area contributed by atoms with Gasteiger partial charge in [-0.3, -0.25) is 0 Å². The zero-order valence-electron chi connectivity index (χ0n) is 8.41. The summed E-state index contributed by atoms with van der Waals surface area (Å²) in [7, 11) is 2.18. The Kier molecular flexibility index (Phi) is 3.04. The smallest absolute Gasteiger partial charge is 0.132 e. The second-order valence-corrected chi connectivity index (χ2v) is 4.29. The van der Waals surface area contributed by atoms with Crippen molar-refractivity contribution in [1.82, 2.24) is 9.88 Å². The summed E-state index contributed by atoms with van der Waals surface area (Å²) in [6.45, 7) is 1.21. The zero-order chi connectivity index (χ0) is 9.97. The molecule has 1 aliphatic rings. The van der Waals surface area contributed by atoms with Crippen LogP contribution in [0.3, 0.4) is 0 Å². The van der Waals surface area contributed by atoms with Crippen molar-refractivity contribution in [2.75, 3.05) is 13.6 Å². The van der Waals surface area contributed by atoms with Crippen LogP contribution in [-0.2, 0) is 6.42 Å². The molecule has 1 aliphatic heterocycles. The van der Waals surface area contributed by atoms with Gasteiger partial charge in [0.05, 0.1) is 0 Å². The fraction of sp³-hybridized carbons (Fsp3) is 0.545. The van der Waals surface area contributed by atoms with Gasteiger partial charge in [-0.15, -0.1) is 0 Å². The fourth-order valence-electron chi connectivity index (χ4n) is 2.06. The predicted molar refractivity (Wildman–Crippen MR) is 58.6 cm³/mol. The van der Waals surface area contributed by atoms with Gasteiger partial charge < -0.3 is 4.90 Å². The van der Waals surface area contributed by atoms with Crippen LogP contribution in [0.4, 0.5) is 0 Å². The first-order valence-corrected chi connectivity index (χ1v) is 5.45. The Morgan fingerprint density at radius 3 is 3.14 bits per heavy atom. The molecule has 1 atom stereocenters. The van der Waals surface area contributed by atoms with Crippen molar-refractivity contribution in [2.24, 2.45) is 0 Å². The molecule has 76 valence electrons. The van der Waals surface area contributed by atoms with Crippen LogP contribution in [0.15, 0.2) is 18.3 Å². The van der Waals surface area contributed by atoms with Crippen LogP contribution in [0.5, 0.6) is 0 Å². The molecule has 0 saturated carbocycles. The third-order valence-corrected chi connectivity index (χ3v) is 3.30. The van der Waals surface area contributed by atoms with Crippen LogP contribution in [0.1, 0.15) is 18.4 Å². The lowest BCUT2D eigenvalue weighted by Crippen LogP contribution is -2.26. The van der Waals surface area contributed by atoms with Gasteiger partial charge in [0.15, 0.2) is 0 Å². The molecule has 3 heteroatoms.